The number of methoxy groups -OCH3 is 1. The number of carbonyl (C=O) groups is 2. The van der Waals surface area contributed by atoms with Crippen LogP contribution in [-0.4, -0.2) is 53.9 Å². The number of rotatable bonds is 7. The number of esters is 2. The molecule has 0 aliphatic rings. The zero-order valence-electron chi connectivity index (χ0n) is 11.7. The van der Waals surface area contributed by atoms with Gasteiger partial charge >= 0.3 is 11.9 Å². The molecule has 0 fully saturated rings. The van der Waals surface area contributed by atoms with Crippen LogP contribution in [0.25, 0.3) is 0 Å². The lowest BCUT2D eigenvalue weighted by Crippen LogP contribution is -2.23. The number of hydrogen-bond donors (Lipinski definition) is 1. The van der Waals surface area contributed by atoms with E-state index in [1.165, 1.54) is 14.0 Å². The van der Waals surface area contributed by atoms with Crippen LogP contribution in [0.4, 0.5) is 5.82 Å². The Morgan fingerprint density at radius 3 is 2.65 bits per heavy atom. The minimum absolute atomic E-state index is 0.0420. The molecule has 0 saturated carbocycles. The van der Waals surface area contributed by atoms with Crippen LogP contribution in [-0.2, 0) is 19.0 Å². The van der Waals surface area contributed by atoms with Crippen LogP contribution in [0.15, 0.2) is 0 Å². The first-order chi connectivity index (χ1) is 9.52. The van der Waals surface area contributed by atoms with E-state index in [-0.39, 0.29) is 24.7 Å². The summed E-state index contributed by atoms with van der Waals surface area (Å²) in [6.45, 7) is 3.81. The van der Waals surface area contributed by atoms with Gasteiger partial charge < -0.3 is 19.9 Å². The highest BCUT2D eigenvalue weighted by molar-refractivity contribution is 5.92. The highest BCUT2D eigenvalue weighted by atomic mass is 16.6. The van der Waals surface area contributed by atoms with Crippen LogP contribution >= 0.6 is 0 Å². The number of carbonyl (C=O) groups excluding carboxylic acids is 2. The third-order valence-corrected chi connectivity index (χ3v) is 2.44. The molecule has 0 amide bonds. The Hall–Kier alpha value is -2.16. The lowest BCUT2D eigenvalue weighted by molar-refractivity contribution is -0.148. The maximum absolute atomic E-state index is 11.7. The summed E-state index contributed by atoms with van der Waals surface area (Å²) in [5.41, 5.74) is 5.61. The van der Waals surface area contributed by atoms with E-state index in [1.807, 2.05) is 0 Å². The van der Waals surface area contributed by atoms with Crippen LogP contribution in [0.2, 0.25) is 0 Å². The number of nitrogen functional groups attached to an aromatic ring is 1. The number of hydrogen-bond acceptors (Lipinski definition) is 8. The fourth-order valence-electron chi connectivity index (χ4n) is 1.38. The van der Waals surface area contributed by atoms with Gasteiger partial charge in [0.05, 0.1) is 13.2 Å². The van der Waals surface area contributed by atoms with Crippen molar-refractivity contribution in [2.24, 2.45) is 0 Å². The van der Waals surface area contributed by atoms with Crippen molar-refractivity contribution < 1.29 is 23.8 Å². The molecule has 1 unspecified atom stereocenters. The molecule has 0 aliphatic carbocycles. The van der Waals surface area contributed by atoms with E-state index >= 15 is 0 Å². The van der Waals surface area contributed by atoms with Gasteiger partial charge in [-0.15, -0.1) is 5.10 Å². The van der Waals surface area contributed by atoms with Gasteiger partial charge in [-0.2, -0.15) is 0 Å². The second-order valence-electron chi connectivity index (χ2n) is 3.82. The molecule has 1 atom stereocenters. The first kappa shape index (κ1) is 15.9. The van der Waals surface area contributed by atoms with E-state index in [0.717, 1.165) is 4.68 Å². The molecule has 0 aliphatic heterocycles. The van der Waals surface area contributed by atoms with Crippen molar-refractivity contribution in [2.75, 3.05) is 32.7 Å². The molecular formula is C11H18N4O5. The second kappa shape index (κ2) is 7.43. The second-order valence-corrected chi connectivity index (χ2v) is 3.82. The molecular weight excluding hydrogens is 268 g/mol. The van der Waals surface area contributed by atoms with E-state index in [4.69, 9.17) is 19.9 Å². The summed E-state index contributed by atoms with van der Waals surface area (Å²) in [7, 11) is 1.50. The molecule has 0 radical (unpaired) electrons. The Morgan fingerprint density at radius 2 is 2.05 bits per heavy atom. The Balaban J connectivity index is 2.76. The van der Waals surface area contributed by atoms with Crippen molar-refractivity contribution in [1.29, 1.82) is 0 Å². The monoisotopic (exact) mass is 286 g/mol. The van der Waals surface area contributed by atoms with Gasteiger partial charge in [0.25, 0.3) is 0 Å². The summed E-state index contributed by atoms with van der Waals surface area (Å²) >= 11 is 0. The van der Waals surface area contributed by atoms with Crippen LogP contribution in [0, 0.1) is 0 Å². The van der Waals surface area contributed by atoms with E-state index in [1.54, 1.807) is 6.92 Å². The summed E-state index contributed by atoms with van der Waals surface area (Å²) in [4.78, 5) is 23.3. The minimum Gasteiger partial charge on any atom is -0.462 e. The third kappa shape index (κ3) is 3.67. The van der Waals surface area contributed by atoms with Crippen LogP contribution in [0.1, 0.15) is 30.4 Å². The van der Waals surface area contributed by atoms with Gasteiger partial charge in [-0.05, 0) is 13.8 Å². The Kier molecular flexibility index (Phi) is 5.91. The number of ether oxygens (including phenoxy) is 3. The van der Waals surface area contributed by atoms with Gasteiger partial charge in [-0.1, -0.05) is 5.21 Å². The zero-order valence-corrected chi connectivity index (χ0v) is 11.7. The summed E-state index contributed by atoms with van der Waals surface area (Å²) in [6.07, 6.45) is 0. The molecule has 9 heteroatoms. The van der Waals surface area contributed by atoms with Gasteiger partial charge in [-0.3, -0.25) is 0 Å². The van der Waals surface area contributed by atoms with E-state index in [2.05, 4.69) is 10.3 Å². The summed E-state index contributed by atoms with van der Waals surface area (Å²) < 4.78 is 15.6. The molecule has 0 saturated heterocycles. The average molecular weight is 286 g/mol. The number of aromatic nitrogens is 3. The van der Waals surface area contributed by atoms with Gasteiger partial charge in [0.15, 0.2) is 11.9 Å². The fraction of sp³-hybridized carbons (Fsp3) is 0.636. The molecule has 1 aromatic heterocycles. The Labute approximate surface area is 116 Å². The quantitative estimate of drug-likeness (QED) is 0.540. The summed E-state index contributed by atoms with van der Waals surface area (Å²) in [6, 6.07) is -0.803. The molecule has 2 N–H and O–H groups in total. The van der Waals surface area contributed by atoms with Crippen LogP contribution in [0.5, 0.6) is 0 Å². The van der Waals surface area contributed by atoms with Crippen molar-refractivity contribution in [3.05, 3.63) is 5.69 Å². The average Bonchev–Trinajstić information content (AvgIpc) is 2.80. The van der Waals surface area contributed by atoms with Crippen LogP contribution < -0.4 is 5.73 Å². The standard InChI is InChI=1S/C11H18N4O5/c1-4-19-11(17)8-9(12)15(14-13-8)7(2)10(16)20-6-5-18-3/h7H,4-6,12H2,1-3H3. The highest BCUT2D eigenvalue weighted by Crippen LogP contribution is 2.16. The first-order valence-corrected chi connectivity index (χ1v) is 6.06. The lowest BCUT2D eigenvalue weighted by atomic mass is 10.3. The summed E-state index contributed by atoms with van der Waals surface area (Å²) in [5.74, 6) is -1.27. The van der Waals surface area contributed by atoms with Gasteiger partial charge in [0, 0.05) is 7.11 Å². The normalized spacial score (nSPS) is 11.9. The Bertz CT molecular complexity index is 473. The molecule has 0 bridgehead atoms. The van der Waals surface area contributed by atoms with E-state index in [9.17, 15) is 9.59 Å². The molecule has 0 spiro atoms. The lowest BCUT2D eigenvalue weighted by Gasteiger charge is -2.12. The molecule has 112 valence electrons. The third-order valence-electron chi connectivity index (χ3n) is 2.44. The van der Waals surface area contributed by atoms with Crippen molar-refractivity contribution in [1.82, 2.24) is 15.0 Å². The number of nitrogens with two attached hydrogens (primary N) is 1. The highest BCUT2D eigenvalue weighted by Gasteiger charge is 2.25. The van der Waals surface area contributed by atoms with E-state index in [0.29, 0.717) is 6.61 Å². The smallest absolute Gasteiger partial charge is 0.362 e. The van der Waals surface area contributed by atoms with Gasteiger partial charge in [0.2, 0.25) is 5.69 Å². The van der Waals surface area contributed by atoms with Gasteiger partial charge in [0.1, 0.15) is 6.61 Å². The SMILES string of the molecule is CCOC(=O)c1nnn(C(C)C(=O)OCCOC)c1N. The van der Waals surface area contributed by atoms with Crippen molar-refractivity contribution in [2.45, 2.75) is 19.9 Å². The molecule has 1 heterocycles. The Morgan fingerprint density at radius 1 is 1.35 bits per heavy atom. The van der Waals surface area contributed by atoms with Crippen molar-refractivity contribution in [3.8, 4) is 0 Å². The first-order valence-electron chi connectivity index (χ1n) is 6.06. The topological polar surface area (TPSA) is 119 Å². The number of nitrogens with zero attached hydrogens (tertiary/aromatic N) is 3. The minimum atomic E-state index is -0.803. The molecule has 20 heavy (non-hydrogen) atoms. The van der Waals surface area contributed by atoms with Crippen LogP contribution in [0.3, 0.4) is 0 Å². The maximum Gasteiger partial charge on any atom is 0.362 e. The van der Waals surface area contributed by atoms with Crippen molar-refractivity contribution >= 4 is 17.8 Å². The predicted octanol–water partition coefficient (Wildman–Crippen LogP) is -0.212. The number of anilines is 1. The van der Waals surface area contributed by atoms with Gasteiger partial charge in [-0.25, -0.2) is 14.3 Å². The molecule has 9 nitrogen and oxygen atoms in total. The maximum atomic E-state index is 11.7. The molecule has 1 aromatic rings. The molecule has 1 rings (SSSR count). The van der Waals surface area contributed by atoms with E-state index < -0.39 is 18.0 Å². The zero-order chi connectivity index (χ0) is 15.1. The van der Waals surface area contributed by atoms with Crippen molar-refractivity contribution in [3.63, 3.8) is 0 Å². The predicted molar refractivity (Wildman–Crippen MR) is 67.9 cm³/mol. The fourth-order valence-corrected chi connectivity index (χ4v) is 1.38. The summed E-state index contributed by atoms with van der Waals surface area (Å²) in [5, 5.41) is 7.29. The largest absolute Gasteiger partial charge is 0.462 e. The molecule has 0 aromatic carbocycles.